The molecule has 13 heavy (non-hydrogen) atoms. The van der Waals surface area contributed by atoms with E-state index in [0.29, 0.717) is 0 Å². The van der Waals surface area contributed by atoms with Crippen LogP contribution in [-0.4, -0.2) is 0 Å². The molecule has 0 spiro atoms. The summed E-state index contributed by atoms with van der Waals surface area (Å²) in [5.41, 5.74) is 1.30. The highest BCUT2D eigenvalue weighted by Gasteiger charge is 2.10. The third-order valence-electron chi connectivity index (χ3n) is 2.55. The van der Waals surface area contributed by atoms with E-state index in [1.54, 1.807) is 0 Å². The van der Waals surface area contributed by atoms with Crippen LogP contribution in [0.1, 0.15) is 47.0 Å². The molecule has 0 amide bonds. The smallest absolute Gasteiger partial charge is 0.0297 e. The van der Waals surface area contributed by atoms with E-state index in [0.717, 1.165) is 18.3 Å². The van der Waals surface area contributed by atoms with Crippen molar-refractivity contribution in [2.24, 2.45) is 11.8 Å². The molecule has 0 N–H and O–H groups in total. The van der Waals surface area contributed by atoms with Gasteiger partial charge in [-0.15, -0.1) is 6.58 Å². The molecule has 0 fully saturated rings. The van der Waals surface area contributed by atoms with Gasteiger partial charge in [0.1, 0.15) is 0 Å². The highest BCUT2D eigenvalue weighted by Crippen LogP contribution is 2.21. The Labute approximate surface area is 83.7 Å². The second-order valence-electron chi connectivity index (χ2n) is 4.23. The van der Waals surface area contributed by atoms with E-state index in [2.05, 4.69) is 46.4 Å². The van der Waals surface area contributed by atoms with Gasteiger partial charge in [-0.1, -0.05) is 38.5 Å². The SMILES string of the molecule is C=C(C)CC(C)C(C)CC=CCC. The third-order valence-corrected chi connectivity index (χ3v) is 2.55. The van der Waals surface area contributed by atoms with E-state index in [-0.39, 0.29) is 0 Å². The summed E-state index contributed by atoms with van der Waals surface area (Å²) in [5, 5.41) is 0. The number of hydrogen-bond acceptors (Lipinski definition) is 0. The van der Waals surface area contributed by atoms with Gasteiger partial charge in [-0.3, -0.25) is 0 Å². The highest BCUT2D eigenvalue weighted by molar-refractivity contribution is 4.92. The van der Waals surface area contributed by atoms with Gasteiger partial charge in [0.25, 0.3) is 0 Å². The van der Waals surface area contributed by atoms with Crippen LogP contribution in [0.5, 0.6) is 0 Å². The Hall–Kier alpha value is -0.520. The molecule has 0 aromatic carbocycles. The fourth-order valence-corrected chi connectivity index (χ4v) is 1.46. The molecule has 0 aromatic heterocycles. The normalized spacial score (nSPS) is 16.0. The minimum Gasteiger partial charge on any atom is -0.100 e. The highest BCUT2D eigenvalue weighted by atomic mass is 14.2. The van der Waals surface area contributed by atoms with Crippen molar-refractivity contribution in [1.29, 1.82) is 0 Å². The van der Waals surface area contributed by atoms with Crippen molar-refractivity contribution in [3.8, 4) is 0 Å². The zero-order valence-electron chi connectivity index (χ0n) is 9.64. The zero-order valence-corrected chi connectivity index (χ0v) is 9.64. The summed E-state index contributed by atoms with van der Waals surface area (Å²) >= 11 is 0. The second kappa shape index (κ2) is 6.94. The van der Waals surface area contributed by atoms with E-state index in [1.807, 2.05) is 0 Å². The topological polar surface area (TPSA) is 0 Å². The molecule has 0 heteroatoms. The van der Waals surface area contributed by atoms with Crippen LogP contribution in [0.4, 0.5) is 0 Å². The first kappa shape index (κ1) is 12.5. The van der Waals surface area contributed by atoms with Crippen molar-refractivity contribution in [3.05, 3.63) is 24.3 Å². The van der Waals surface area contributed by atoms with Crippen LogP contribution >= 0.6 is 0 Å². The minimum atomic E-state index is 0.763. The maximum atomic E-state index is 3.96. The summed E-state index contributed by atoms with van der Waals surface area (Å²) in [6, 6.07) is 0. The van der Waals surface area contributed by atoms with Gasteiger partial charge in [-0.2, -0.15) is 0 Å². The molecule has 0 saturated carbocycles. The Morgan fingerprint density at radius 2 is 1.85 bits per heavy atom. The number of allylic oxidation sites excluding steroid dienone is 3. The lowest BCUT2D eigenvalue weighted by molar-refractivity contribution is 0.388. The summed E-state index contributed by atoms with van der Waals surface area (Å²) in [5.74, 6) is 1.54. The molecular formula is C13H24. The van der Waals surface area contributed by atoms with Crippen molar-refractivity contribution < 1.29 is 0 Å². The number of hydrogen-bond donors (Lipinski definition) is 0. The molecule has 0 aromatic rings. The Balaban J connectivity index is 3.74. The Morgan fingerprint density at radius 3 is 2.31 bits per heavy atom. The zero-order chi connectivity index (χ0) is 10.3. The van der Waals surface area contributed by atoms with Gasteiger partial charge in [-0.05, 0) is 38.0 Å². The van der Waals surface area contributed by atoms with Gasteiger partial charge < -0.3 is 0 Å². The second-order valence-corrected chi connectivity index (χ2v) is 4.23. The van der Waals surface area contributed by atoms with Gasteiger partial charge in [0.2, 0.25) is 0 Å². The van der Waals surface area contributed by atoms with E-state index in [1.165, 1.54) is 18.4 Å². The summed E-state index contributed by atoms with van der Waals surface area (Å²) < 4.78 is 0. The van der Waals surface area contributed by atoms with Gasteiger partial charge in [0, 0.05) is 0 Å². The average molecular weight is 180 g/mol. The van der Waals surface area contributed by atoms with Crippen molar-refractivity contribution in [3.63, 3.8) is 0 Å². The quantitative estimate of drug-likeness (QED) is 0.525. The predicted molar refractivity (Wildman–Crippen MR) is 61.8 cm³/mol. The van der Waals surface area contributed by atoms with Crippen LogP contribution < -0.4 is 0 Å². The lowest BCUT2D eigenvalue weighted by atomic mass is 9.88. The van der Waals surface area contributed by atoms with Crippen LogP contribution in [0.15, 0.2) is 24.3 Å². The fourth-order valence-electron chi connectivity index (χ4n) is 1.46. The molecule has 0 aliphatic carbocycles. The van der Waals surface area contributed by atoms with Crippen LogP contribution in [0.3, 0.4) is 0 Å². The van der Waals surface area contributed by atoms with Gasteiger partial charge in [0.15, 0.2) is 0 Å². The van der Waals surface area contributed by atoms with E-state index in [4.69, 9.17) is 0 Å². The first-order valence-corrected chi connectivity index (χ1v) is 5.37. The standard InChI is InChI=1S/C13H24/c1-6-7-8-9-12(4)13(5)10-11(2)3/h7-8,12-13H,2,6,9-10H2,1,3-5H3. The van der Waals surface area contributed by atoms with E-state index >= 15 is 0 Å². The maximum Gasteiger partial charge on any atom is -0.0297 e. The summed E-state index contributed by atoms with van der Waals surface area (Å²) in [6.07, 6.45) is 8.09. The van der Waals surface area contributed by atoms with Gasteiger partial charge in [-0.25, -0.2) is 0 Å². The fraction of sp³-hybridized carbons (Fsp3) is 0.692. The van der Waals surface area contributed by atoms with Crippen LogP contribution in [0.2, 0.25) is 0 Å². The van der Waals surface area contributed by atoms with Crippen LogP contribution in [0, 0.1) is 11.8 Å². The molecule has 0 heterocycles. The summed E-state index contributed by atoms with van der Waals surface area (Å²) in [7, 11) is 0. The Kier molecular flexibility index (Phi) is 6.66. The molecule has 0 radical (unpaired) electrons. The van der Waals surface area contributed by atoms with Gasteiger partial charge in [0.05, 0.1) is 0 Å². The van der Waals surface area contributed by atoms with Crippen molar-refractivity contribution in [1.82, 2.24) is 0 Å². The molecule has 0 bridgehead atoms. The molecule has 0 nitrogen and oxygen atoms in total. The first-order chi connectivity index (χ1) is 6.07. The molecule has 76 valence electrons. The first-order valence-electron chi connectivity index (χ1n) is 5.37. The van der Waals surface area contributed by atoms with Gasteiger partial charge >= 0.3 is 0 Å². The van der Waals surface area contributed by atoms with E-state index in [9.17, 15) is 0 Å². The molecule has 0 rings (SSSR count). The average Bonchev–Trinajstić information content (AvgIpc) is 2.03. The van der Waals surface area contributed by atoms with Crippen molar-refractivity contribution >= 4 is 0 Å². The van der Waals surface area contributed by atoms with Crippen molar-refractivity contribution in [2.45, 2.75) is 47.0 Å². The summed E-state index contributed by atoms with van der Waals surface area (Å²) in [6.45, 7) is 12.9. The maximum absolute atomic E-state index is 3.96. The molecule has 2 atom stereocenters. The molecule has 0 saturated heterocycles. The predicted octanol–water partition coefficient (Wildman–Crippen LogP) is 4.58. The van der Waals surface area contributed by atoms with Crippen molar-refractivity contribution in [2.75, 3.05) is 0 Å². The largest absolute Gasteiger partial charge is 0.100 e. The number of rotatable bonds is 6. The van der Waals surface area contributed by atoms with E-state index < -0.39 is 0 Å². The molecular weight excluding hydrogens is 156 g/mol. The van der Waals surface area contributed by atoms with Crippen LogP contribution in [-0.2, 0) is 0 Å². The minimum absolute atomic E-state index is 0.763. The molecule has 0 aliphatic heterocycles. The monoisotopic (exact) mass is 180 g/mol. The third kappa shape index (κ3) is 6.62. The summed E-state index contributed by atoms with van der Waals surface area (Å²) in [4.78, 5) is 0. The lowest BCUT2D eigenvalue weighted by Crippen LogP contribution is -2.07. The molecule has 0 aliphatic rings. The Bertz CT molecular complexity index is 165. The molecule has 2 unspecified atom stereocenters. The Morgan fingerprint density at radius 1 is 1.23 bits per heavy atom. The van der Waals surface area contributed by atoms with Crippen LogP contribution in [0.25, 0.3) is 0 Å². The lowest BCUT2D eigenvalue weighted by Gasteiger charge is -2.18.